The molecule has 0 amide bonds. The number of nitrogens with zero attached hydrogens (tertiary/aromatic N) is 1. The monoisotopic (exact) mass is 239 g/mol. The van der Waals surface area contributed by atoms with Crippen LogP contribution in [0.25, 0.3) is 0 Å². The van der Waals surface area contributed by atoms with Crippen molar-refractivity contribution in [2.75, 3.05) is 14.1 Å². The maximum Gasteiger partial charge on any atom is 0.173 e. The predicted molar refractivity (Wildman–Crippen MR) is 70.7 cm³/mol. The van der Waals surface area contributed by atoms with Gasteiger partial charge in [-0.1, -0.05) is 41.5 Å². The van der Waals surface area contributed by atoms with Gasteiger partial charge in [0.1, 0.15) is 0 Å². The van der Waals surface area contributed by atoms with Crippen molar-refractivity contribution < 1.29 is 9.59 Å². The van der Waals surface area contributed by atoms with E-state index in [1.807, 2.05) is 55.6 Å². The lowest BCUT2D eigenvalue weighted by Crippen LogP contribution is -2.33. The molecule has 0 spiro atoms. The quantitative estimate of drug-likeness (QED) is 0.431. The van der Waals surface area contributed by atoms with Crippen LogP contribution in [-0.4, -0.2) is 30.6 Å². The zero-order valence-corrected chi connectivity index (χ0v) is 12.3. The van der Waals surface area contributed by atoms with E-state index in [0.29, 0.717) is 0 Å². The fraction of sp³-hybridized carbons (Fsp3) is 0.714. The highest BCUT2D eigenvalue weighted by atomic mass is 16.2. The van der Waals surface area contributed by atoms with Gasteiger partial charge in [0, 0.05) is 31.1 Å². The molecule has 98 valence electrons. The molecule has 0 aliphatic heterocycles. The molecule has 0 bridgehead atoms. The summed E-state index contributed by atoms with van der Waals surface area (Å²) in [6.45, 7) is 11.0. The van der Waals surface area contributed by atoms with Gasteiger partial charge < -0.3 is 4.90 Å². The van der Waals surface area contributed by atoms with Crippen molar-refractivity contribution in [2.45, 2.75) is 41.5 Å². The third-order valence-electron chi connectivity index (χ3n) is 2.24. The van der Waals surface area contributed by atoms with Crippen LogP contribution in [0, 0.1) is 10.8 Å². The number of hydrogen-bond donors (Lipinski definition) is 0. The van der Waals surface area contributed by atoms with E-state index in [1.54, 1.807) is 11.1 Å². The number of carbonyl (C=O) groups excluding carboxylic acids is 2. The van der Waals surface area contributed by atoms with E-state index in [1.165, 1.54) is 0 Å². The van der Waals surface area contributed by atoms with Crippen LogP contribution in [0.1, 0.15) is 41.5 Å². The Morgan fingerprint density at radius 1 is 0.824 bits per heavy atom. The molecule has 3 heteroatoms. The average Bonchev–Trinajstić information content (AvgIpc) is 2.08. The molecule has 17 heavy (non-hydrogen) atoms. The smallest absolute Gasteiger partial charge is 0.173 e. The van der Waals surface area contributed by atoms with E-state index in [-0.39, 0.29) is 17.1 Å². The third-order valence-corrected chi connectivity index (χ3v) is 2.24. The van der Waals surface area contributed by atoms with Gasteiger partial charge >= 0.3 is 0 Å². The minimum absolute atomic E-state index is 0.105. The molecular formula is C14H25NO2. The molecule has 0 aromatic heterocycles. The molecule has 0 fully saturated rings. The lowest BCUT2D eigenvalue weighted by molar-refractivity contribution is -0.129. The lowest BCUT2D eigenvalue weighted by Gasteiger charge is -2.24. The van der Waals surface area contributed by atoms with Crippen LogP contribution < -0.4 is 0 Å². The number of ketones is 2. The first-order valence-electron chi connectivity index (χ1n) is 5.85. The fourth-order valence-corrected chi connectivity index (χ4v) is 1.29. The van der Waals surface area contributed by atoms with Gasteiger partial charge in [-0.2, -0.15) is 0 Å². The minimum Gasteiger partial charge on any atom is -0.383 e. The van der Waals surface area contributed by atoms with Gasteiger partial charge in [0.05, 0.1) is 5.57 Å². The number of allylic oxidation sites excluding steroid dienone is 1. The summed E-state index contributed by atoms with van der Waals surface area (Å²) in [6, 6.07) is 0. The second kappa shape index (κ2) is 5.03. The maximum atomic E-state index is 12.3. The summed E-state index contributed by atoms with van der Waals surface area (Å²) in [7, 11) is 3.62. The lowest BCUT2D eigenvalue weighted by atomic mass is 9.78. The fourth-order valence-electron chi connectivity index (χ4n) is 1.29. The van der Waals surface area contributed by atoms with E-state index in [9.17, 15) is 9.59 Å². The van der Waals surface area contributed by atoms with Gasteiger partial charge in [0.25, 0.3) is 0 Å². The molecule has 0 unspecified atom stereocenters. The van der Waals surface area contributed by atoms with Crippen molar-refractivity contribution in [3.8, 4) is 0 Å². The average molecular weight is 239 g/mol. The van der Waals surface area contributed by atoms with Gasteiger partial charge in [0.2, 0.25) is 0 Å². The zero-order chi connectivity index (χ0) is 14.0. The van der Waals surface area contributed by atoms with Crippen LogP contribution in [-0.2, 0) is 9.59 Å². The Labute approximate surface area is 105 Å². The Bertz CT molecular complexity index is 310. The molecule has 0 saturated heterocycles. The highest BCUT2D eigenvalue weighted by molar-refractivity contribution is 6.23. The molecule has 0 aliphatic rings. The Morgan fingerprint density at radius 2 is 1.12 bits per heavy atom. The Hall–Kier alpha value is -1.12. The molecular weight excluding hydrogens is 214 g/mol. The summed E-state index contributed by atoms with van der Waals surface area (Å²) >= 11 is 0. The topological polar surface area (TPSA) is 37.4 Å². The predicted octanol–water partition coefficient (Wildman–Crippen LogP) is 2.66. The molecule has 0 rings (SSSR count). The Kier molecular flexibility index (Phi) is 4.70. The molecule has 0 aromatic carbocycles. The van der Waals surface area contributed by atoms with Crippen LogP contribution >= 0.6 is 0 Å². The Balaban J connectivity index is 5.49. The molecule has 0 radical (unpaired) electrons. The van der Waals surface area contributed by atoms with E-state index in [4.69, 9.17) is 0 Å². The van der Waals surface area contributed by atoms with Crippen LogP contribution in [0.15, 0.2) is 11.8 Å². The van der Waals surface area contributed by atoms with E-state index in [0.717, 1.165) is 0 Å². The number of hydrogen-bond acceptors (Lipinski definition) is 3. The molecule has 0 saturated carbocycles. The van der Waals surface area contributed by atoms with E-state index in [2.05, 4.69) is 0 Å². The molecule has 0 N–H and O–H groups in total. The summed E-state index contributed by atoms with van der Waals surface area (Å²) in [4.78, 5) is 26.3. The zero-order valence-electron chi connectivity index (χ0n) is 12.3. The SMILES string of the molecule is CN(C)C=C(C(=O)C(C)(C)C)C(=O)C(C)(C)C. The standard InChI is InChI=1S/C14H25NO2/c1-13(2,3)11(16)10(9-15(7)8)12(17)14(4,5)6/h9H,1-8H3. The number of rotatable bonds is 3. The molecule has 0 aliphatic carbocycles. The van der Waals surface area contributed by atoms with Crippen LogP contribution in [0.3, 0.4) is 0 Å². The summed E-state index contributed by atoms with van der Waals surface area (Å²) in [5.74, 6) is -0.211. The van der Waals surface area contributed by atoms with Gasteiger partial charge in [0.15, 0.2) is 11.6 Å². The first kappa shape index (κ1) is 15.9. The summed E-state index contributed by atoms with van der Waals surface area (Å²) in [6.07, 6.45) is 1.63. The van der Waals surface area contributed by atoms with Gasteiger partial charge in [-0.25, -0.2) is 0 Å². The van der Waals surface area contributed by atoms with Crippen LogP contribution in [0.5, 0.6) is 0 Å². The summed E-state index contributed by atoms with van der Waals surface area (Å²) < 4.78 is 0. The van der Waals surface area contributed by atoms with Crippen LogP contribution in [0.2, 0.25) is 0 Å². The maximum absolute atomic E-state index is 12.3. The second-order valence-corrected chi connectivity index (χ2v) is 6.66. The molecule has 3 nitrogen and oxygen atoms in total. The highest BCUT2D eigenvalue weighted by Crippen LogP contribution is 2.26. The van der Waals surface area contributed by atoms with Crippen molar-refractivity contribution in [1.82, 2.24) is 4.90 Å². The molecule has 0 heterocycles. The van der Waals surface area contributed by atoms with Gasteiger partial charge in [-0.3, -0.25) is 9.59 Å². The van der Waals surface area contributed by atoms with Crippen molar-refractivity contribution in [3.63, 3.8) is 0 Å². The number of Topliss-reactive ketones (excluding diaryl/α,β-unsaturated/α-hetero) is 2. The van der Waals surface area contributed by atoms with Crippen molar-refractivity contribution >= 4 is 11.6 Å². The normalized spacial score (nSPS) is 12.0. The Morgan fingerprint density at radius 3 is 1.29 bits per heavy atom. The first-order valence-corrected chi connectivity index (χ1v) is 5.85. The minimum atomic E-state index is -0.539. The van der Waals surface area contributed by atoms with E-state index < -0.39 is 10.8 Å². The van der Waals surface area contributed by atoms with Gasteiger partial charge in [-0.15, -0.1) is 0 Å². The first-order chi connectivity index (χ1) is 7.37. The summed E-state index contributed by atoms with van der Waals surface area (Å²) in [5.41, 5.74) is -0.791. The summed E-state index contributed by atoms with van der Waals surface area (Å²) in [5, 5.41) is 0. The van der Waals surface area contributed by atoms with Crippen LogP contribution in [0.4, 0.5) is 0 Å². The third kappa shape index (κ3) is 4.72. The van der Waals surface area contributed by atoms with E-state index >= 15 is 0 Å². The van der Waals surface area contributed by atoms with Crippen molar-refractivity contribution in [2.24, 2.45) is 10.8 Å². The van der Waals surface area contributed by atoms with Crippen molar-refractivity contribution in [1.29, 1.82) is 0 Å². The van der Waals surface area contributed by atoms with Gasteiger partial charge in [-0.05, 0) is 0 Å². The molecule has 0 aromatic rings. The molecule has 0 atom stereocenters. The largest absolute Gasteiger partial charge is 0.383 e. The highest BCUT2D eigenvalue weighted by Gasteiger charge is 2.34. The number of carbonyl (C=O) groups is 2. The second-order valence-electron chi connectivity index (χ2n) is 6.66. The van der Waals surface area contributed by atoms with Crippen molar-refractivity contribution in [3.05, 3.63) is 11.8 Å².